The highest BCUT2D eigenvalue weighted by atomic mass is 32.2. The van der Waals surface area contributed by atoms with E-state index in [1.165, 1.54) is 7.11 Å². The molecule has 0 bridgehead atoms. The van der Waals surface area contributed by atoms with Crippen LogP contribution in [0, 0.1) is 0 Å². The molecule has 0 aromatic carbocycles. The third kappa shape index (κ3) is 8.15. The van der Waals surface area contributed by atoms with Crippen molar-refractivity contribution in [2.45, 2.75) is 39.7 Å². The molecular weight excluding hydrogens is 242 g/mol. The van der Waals surface area contributed by atoms with Crippen molar-refractivity contribution in [2.24, 2.45) is 0 Å². The Hall–Kier alpha value is -0.620. The fourth-order valence-corrected chi connectivity index (χ4v) is 1.69. The smallest absolute Gasteiger partial charge is 0.410 e. The van der Waals surface area contributed by atoms with E-state index in [9.17, 15) is 9.00 Å². The molecule has 0 aliphatic rings. The maximum Gasteiger partial charge on any atom is 0.410 e. The van der Waals surface area contributed by atoms with Gasteiger partial charge in [-0.05, 0) is 34.1 Å². The summed E-state index contributed by atoms with van der Waals surface area (Å²) in [6.45, 7) is 8.49. The fraction of sp³-hybridized carbons (Fsp3) is 0.909. The van der Waals surface area contributed by atoms with E-state index in [4.69, 9.17) is 4.74 Å². The second-order valence-electron chi connectivity index (χ2n) is 4.59. The van der Waals surface area contributed by atoms with Gasteiger partial charge >= 0.3 is 6.09 Å². The number of hydrogen-bond acceptors (Lipinski definition) is 4. The fourth-order valence-electron chi connectivity index (χ4n) is 1.16. The zero-order valence-corrected chi connectivity index (χ0v) is 12.1. The molecule has 17 heavy (non-hydrogen) atoms. The average Bonchev–Trinajstić information content (AvgIpc) is 2.21. The maximum absolute atomic E-state index is 11.7. The van der Waals surface area contributed by atoms with E-state index in [1.807, 2.05) is 27.7 Å². The minimum Gasteiger partial charge on any atom is -0.444 e. The Morgan fingerprint density at radius 3 is 2.35 bits per heavy atom. The second kappa shape index (κ2) is 7.66. The van der Waals surface area contributed by atoms with Crippen molar-refractivity contribution in [1.29, 1.82) is 0 Å². The van der Waals surface area contributed by atoms with Crippen LogP contribution >= 0.6 is 0 Å². The van der Waals surface area contributed by atoms with Crippen LogP contribution in [0.3, 0.4) is 0 Å². The molecule has 0 saturated heterocycles. The van der Waals surface area contributed by atoms with Gasteiger partial charge in [-0.1, -0.05) is 0 Å². The predicted molar refractivity (Wildman–Crippen MR) is 68.1 cm³/mol. The molecule has 6 heteroatoms. The van der Waals surface area contributed by atoms with Crippen molar-refractivity contribution in [2.75, 3.05) is 26.0 Å². The summed E-state index contributed by atoms with van der Waals surface area (Å²) < 4.78 is 20.9. The van der Waals surface area contributed by atoms with E-state index >= 15 is 0 Å². The highest BCUT2D eigenvalue weighted by Gasteiger charge is 2.20. The molecule has 0 aliphatic heterocycles. The molecule has 0 saturated carbocycles. The van der Waals surface area contributed by atoms with Crippen LogP contribution in [0.2, 0.25) is 0 Å². The van der Waals surface area contributed by atoms with E-state index in [0.717, 1.165) is 0 Å². The zero-order chi connectivity index (χ0) is 13.5. The van der Waals surface area contributed by atoms with Gasteiger partial charge in [0, 0.05) is 13.1 Å². The number of nitrogens with zero attached hydrogens (tertiary/aromatic N) is 1. The summed E-state index contributed by atoms with van der Waals surface area (Å²) in [5.74, 6) is 0.426. The molecule has 1 unspecified atom stereocenters. The number of hydrogen-bond donors (Lipinski definition) is 0. The van der Waals surface area contributed by atoms with Crippen LogP contribution < -0.4 is 0 Å². The summed E-state index contributed by atoms with van der Waals surface area (Å²) in [4.78, 5) is 13.3. The first-order chi connectivity index (χ1) is 7.80. The Morgan fingerprint density at radius 1 is 1.35 bits per heavy atom. The Balaban J connectivity index is 4.06. The summed E-state index contributed by atoms with van der Waals surface area (Å²) >= 11 is -1.26. The highest BCUT2D eigenvalue weighted by Crippen LogP contribution is 2.10. The molecule has 102 valence electrons. The molecule has 0 N–H and O–H groups in total. The van der Waals surface area contributed by atoms with Gasteiger partial charge in [-0.25, -0.2) is 9.00 Å². The van der Waals surface area contributed by atoms with Gasteiger partial charge in [0.05, 0.1) is 12.9 Å². The van der Waals surface area contributed by atoms with Gasteiger partial charge in [0.25, 0.3) is 0 Å². The largest absolute Gasteiger partial charge is 0.444 e. The predicted octanol–water partition coefficient (Wildman–Crippen LogP) is 1.94. The van der Waals surface area contributed by atoms with Gasteiger partial charge in [-0.3, -0.25) is 4.18 Å². The Morgan fingerprint density at radius 2 is 1.94 bits per heavy atom. The number of carbonyl (C=O) groups is 1. The average molecular weight is 265 g/mol. The van der Waals surface area contributed by atoms with Crippen molar-refractivity contribution < 1.29 is 17.9 Å². The molecule has 0 aromatic rings. The zero-order valence-electron chi connectivity index (χ0n) is 11.3. The van der Waals surface area contributed by atoms with Crippen LogP contribution in [-0.4, -0.2) is 46.8 Å². The van der Waals surface area contributed by atoms with E-state index < -0.39 is 16.7 Å². The van der Waals surface area contributed by atoms with Crippen molar-refractivity contribution >= 4 is 17.2 Å². The lowest BCUT2D eigenvalue weighted by Crippen LogP contribution is -2.37. The summed E-state index contributed by atoms with van der Waals surface area (Å²) in [6, 6.07) is 0. The molecule has 0 radical (unpaired) electrons. The van der Waals surface area contributed by atoms with Gasteiger partial charge in [-0.15, -0.1) is 0 Å². The van der Waals surface area contributed by atoms with Crippen molar-refractivity contribution in [3.8, 4) is 0 Å². The number of carbonyl (C=O) groups excluding carboxylic acids is 1. The lowest BCUT2D eigenvalue weighted by atomic mass is 10.2. The van der Waals surface area contributed by atoms with Crippen molar-refractivity contribution in [3.63, 3.8) is 0 Å². The molecular formula is C11H23NO4S. The van der Waals surface area contributed by atoms with E-state index in [2.05, 4.69) is 4.18 Å². The first-order valence-electron chi connectivity index (χ1n) is 5.71. The van der Waals surface area contributed by atoms with Crippen molar-refractivity contribution in [3.05, 3.63) is 0 Å². The van der Waals surface area contributed by atoms with Crippen LogP contribution in [0.15, 0.2) is 0 Å². The SMILES string of the molecule is CCN(CCCS(=O)OC)C(=O)OC(C)(C)C. The van der Waals surface area contributed by atoms with E-state index in [1.54, 1.807) is 4.90 Å². The minimum absolute atomic E-state index is 0.330. The number of amides is 1. The maximum atomic E-state index is 11.7. The second-order valence-corrected chi connectivity index (χ2v) is 5.94. The van der Waals surface area contributed by atoms with Gasteiger partial charge < -0.3 is 9.64 Å². The number of rotatable bonds is 6. The van der Waals surface area contributed by atoms with Crippen molar-refractivity contribution in [1.82, 2.24) is 4.90 Å². The van der Waals surface area contributed by atoms with Gasteiger partial charge in [-0.2, -0.15) is 0 Å². The van der Waals surface area contributed by atoms with E-state index in [0.29, 0.717) is 25.3 Å². The molecule has 0 spiro atoms. The highest BCUT2D eigenvalue weighted by molar-refractivity contribution is 7.80. The van der Waals surface area contributed by atoms with Gasteiger partial charge in [0.2, 0.25) is 0 Å². The molecule has 0 heterocycles. The standard InChI is InChI=1S/C11H23NO4S/c1-6-12(8-7-9-17(14)15-5)10(13)16-11(2,3)4/h6-9H2,1-5H3. The first-order valence-corrected chi connectivity index (χ1v) is 6.95. The van der Waals surface area contributed by atoms with Crippen LogP contribution in [0.1, 0.15) is 34.1 Å². The third-order valence-corrected chi connectivity index (χ3v) is 2.95. The Bertz CT molecular complexity index is 263. The Labute approximate surface area is 106 Å². The first kappa shape index (κ1) is 16.4. The van der Waals surface area contributed by atoms with Gasteiger partial charge in [0.15, 0.2) is 11.1 Å². The monoisotopic (exact) mass is 265 g/mol. The summed E-state index contributed by atoms with van der Waals surface area (Å²) in [5.41, 5.74) is -0.486. The molecule has 5 nitrogen and oxygen atoms in total. The molecule has 0 fully saturated rings. The van der Waals surface area contributed by atoms with Crippen LogP contribution in [-0.2, 0) is 20.0 Å². The molecule has 0 rings (SSSR count). The van der Waals surface area contributed by atoms with Crippen LogP contribution in [0.25, 0.3) is 0 Å². The number of ether oxygens (including phenoxy) is 1. The molecule has 0 aliphatic carbocycles. The topological polar surface area (TPSA) is 55.8 Å². The minimum atomic E-state index is -1.26. The normalized spacial score (nSPS) is 13.2. The van der Waals surface area contributed by atoms with E-state index in [-0.39, 0.29) is 6.09 Å². The van der Waals surface area contributed by atoms with Crippen LogP contribution in [0.4, 0.5) is 4.79 Å². The third-order valence-electron chi connectivity index (χ3n) is 1.96. The summed E-state index contributed by atoms with van der Waals surface area (Å²) in [7, 11) is 1.40. The molecule has 1 amide bonds. The molecule has 1 atom stereocenters. The lowest BCUT2D eigenvalue weighted by Gasteiger charge is -2.26. The molecule has 0 aromatic heterocycles. The van der Waals surface area contributed by atoms with Gasteiger partial charge in [0.1, 0.15) is 5.60 Å². The summed E-state index contributed by atoms with van der Waals surface area (Å²) in [6.07, 6.45) is 0.302. The quantitative estimate of drug-likeness (QED) is 0.736. The lowest BCUT2D eigenvalue weighted by molar-refractivity contribution is 0.0260. The van der Waals surface area contributed by atoms with Crippen LogP contribution in [0.5, 0.6) is 0 Å². The summed E-state index contributed by atoms with van der Waals surface area (Å²) in [5, 5.41) is 0. The Kier molecular flexibility index (Phi) is 7.38.